The first-order valence-electron chi connectivity index (χ1n) is 9.14. The number of aromatic nitrogens is 4. The predicted octanol–water partition coefficient (Wildman–Crippen LogP) is 3.34. The number of amidine groups is 2. The second-order valence-electron chi connectivity index (χ2n) is 5.91. The average molecular weight is 390 g/mol. The highest BCUT2D eigenvalue weighted by molar-refractivity contribution is 6.01. The van der Waals surface area contributed by atoms with Crippen LogP contribution in [0.3, 0.4) is 0 Å². The van der Waals surface area contributed by atoms with Crippen LogP contribution in [0.1, 0.15) is 42.4 Å². The third kappa shape index (κ3) is 4.86. The lowest BCUT2D eigenvalue weighted by Crippen LogP contribution is -2.11. The van der Waals surface area contributed by atoms with Gasteiger partial charge in [-0.25, -0.2) is 9.97 Å². The van der Waals surface area contributed by atoms with E-state index in [0.29, 0.717) is 34.8 Å². The van der Waals surface area contributed by atoms with E-state index in [1.54, 1.807) is 24.3 Å². The molecule has 0 unspecified atom stereocenters. The molecular formula is C21H26N8. The van der Waals surface area contributed by atoms with E-state index >= 15 is 0 Å². The van der Waals surface area contributed by atoms with Crippen LogP contribution >= 0.6 is 0 Å². The summed E-state index contributed by atoms with van der Waals surface area (Å²) in [4.78, 5) is 15.5. The van der Waals surface area contributed by atoms with Gasteiger partial charge in [-0.05, 0) is 30.4 Å². The van der Waals surface area contributed by atoms with Gasteiger partial charge in [0.15, 0.2) is 0 Å². The first-order valence-corrected chi connectivity index (χ1v) is 9.14. The van der Waals surface area contributed by atoms with E-state index in [4.69, 9.17) is 22.3 Å². The third-order valence-electron chi connectivity index (χ3n) is 4.01. The van der Waals surface area contributed by atoms with Gasteiger partial charge in [0.2, 0.25) is 0 Å². The van der Waals surface area contributed by atoms with Crippen molar-refractivity contribution in [3.8, 4) is 0 Å². The molecule has 0 fully saturated rings. The van der Waals surface area contributed by atoms with Crippen molar-refractivity contribution in [1.29, 1.82) is 10.8 Å². The Labute approximate surface area is 169 Å². The average Bonchev–Trinajstić information content (AvgIpc) is 3.29. The molecule has 1 aromatic carbocycles. The highest BCUT2D eigenvalue weighted by Gasteiger charge is 2.11. The van der Waals surface area contributed by atoms with Gasteiger partial charge in [-0.15, -0.1) is 0 Å². The molecular weight excluding hydrogens is 364 g/mol. The number of rotatable bonds is 7. The first-order chi connectivity index (χ1) is 13.9. The lowest BCUT2D eigenvalue weighted by molar-refractivity contribution is 0.950. The fourth-order valence-corrected chi connectivity index (χ4v) is 2.68. The molecule has 0 aliphatic carbocycles. The predicted molar refractivity (Wildman–Crippen MR) is 120 cm³/mol. The van der Waals surface area contributed by atoms with Gasteiger partial charge in [-0.1, -0.05) is 33.1 Å². The number of benzene rings is 1. The minimum absolute atomic E-state index is 0.00892. The number of nitrogens with zero attached hydrogens (tertiary/aromatic N) is 2. The minimum atomic E-state index is -0.0743. The molecule has 0 radical (unpaired) electrons. The van der Waals surface area contributed by atoms with Gasteiger partial charge in [0.1, 0.15) is 23.3 Å². The summed E-state index contributed by atoms with van der Waals surface area (Å²) in [6, 6.07) is 5.38. The van der Waals surface area contributed by atoms with Gasteiger partial charge >= 0.3 is 0 Å². The second kappa shape index (κ2) is 9.32. The van der Waals surface area contributed by atoms with Crippen LogP contribution in [-0.4, -0.2) is 31.6 Å². The van der Waals surface area contributed by atoms with E-state index in [9.17, 15) is 0 Å². The molecule has 0 saturated carbocycles. The summed E-state index contributed by atoms with van der Waals surface area (Å²) in [7, 11) is 0. The van der Waals surface area contributed by atoms with Crippen molar-refractivity contribution in [3.05, 3.63) is 71.6 Å². The van der Waals surface area contributed by atoms with Crippen LogP contribution in [0, 0.1) is 10.8 Å². The number of hydrogen-bond acceptors (Lipinski definition) is 4. The normalized spacial score (nSPS) is 10.9. The molecule has 3 rings (SSSR count). The van der Waals surface area contributed by atoms with Crippen molar-refractivity contribution >= 4 is 34.9 Å². The highest BCUT2D eigenvalue weighted by atomic mass is 15.0. The fraction of sp³-hybridized carbons (Fsp3) is 0.143. The van der Waals surface area contributed by atoms with E-state index in [-0.39, 0.29) is 11.7 Å². The van der Waals surface area contributed by atoms with Crippen LogP contribution in [0.4, 0.5) is 0 Å². The Kier molecular flexibility index (Phi) is 6.86. The van der Waals surface area contributed by atoms with Gasteiger partial charge in [0, 0.05) is 11.1 Å². The molecule has 0 aliphatic heterocycles. The summed E-state index contributed by atoms with van der Waals surface area (Å²) in [6.45, 7) is 11.4. The molecule has 0 saturated heterocycles. The number of hydrogen-bond donors (Lipinski definition) is 6. The zero-order valence-electron chi connectivity index (χ0n) is 16.6. The maximum Gasteiger partial charge on any atom is 0.122 e. The van der Waals surface area contributed by atoms with Crippen LogP contribution in [0.15, 0.2) is 43.0 Å². The van der Waals surface area contributed by atoms with Gasteiger partial charge in [-0.2, -0.15) is 0 Å². The Hall–Kier alpha value is -3.94. The van der Waals surface area contributed by atoms with Gasteiger partial charge < -0.3 is 21.4 Å². The van der Waals surface area contributed by atoms with E-state index in [1.165, 1.54) is 6.08 Å². The lowest BCUT2D eigenvalue weighted by atomic mass is 10.2. The quantitative estimate of drug-likeness (QED) is 0.208. The Morgan fingerprint density at radius 2 is 1.79 bits per heavy atom. The maximum absolute atomic E-state index is 7.56. The van der Waals surface area contributed by atoms with Crippen LogP contribution in [-0.2, 0) is 6.42 Å². The molecule has 29 heavy (non-hydrogen) atoms. The Morgan fingerprint density at radius 1 is 1.10 bits per heavy atom. The van der Waals surface area contributed by atoms with Crippen molar-refractivity contribution in [2.75, 3.05) is 0 Å². The largest absolute Gasteiger partial charge is 0.384 e. The topological polar surface area (TPSA) is 157 Å². The molecule has 2 heterocycles. The minimum Gasteiger partial charge on any atom is -0.384 e. The Morgan fingerprint density at radius 3 is 2.38 bits per heavy atom. The Bertz CT molecular complexity index is 1100. The van der Waals surface area contributed by atoms with Crippen molar-refractivity contribution in [3.63, 3.8) is 0 Å². The summed E-state index contributed by atoms with van der Waals surface area (Å²) >= 11 is 0. The first kappa shape index (κ1) is 21.4. The Balaban J connectivity index is 0.00000145. The molecule has 8 nitrogen and oxygen atoms in total. The molecule has 8 heteroatoms. The van der Waals surface area contributed by atoms with Crippen LogP contribution in [0.2, 0.25) is 0 Å². The molecule has 0 spiro atoms. The fourth-order valence-electron chi connectivity index (χ4n) is 2.68. The number of nitrogens with two attached hydrogens (primary N) is 2. The molecule has 3 aromatic rings. The molecule has 0 atom stereocenters. The van der Waals surface area contributed by atoms with Crippen LogP contribution in [0.5, 0.6) is 0 Å². The second-order valence-corrected chi connectivity index (χ2v) is 5.91. The summed E-state index contributed by atoms with van der Waals surface area (Å²) < 4.78 is 0. The summed E-state index contributed by atoms with van der Waals surface area (Å²) in [5, 5.41) is 15.1. The summed E-state index contributed by atoms with van der Waals surface area (Å²) in [6.07, 6.45) is 5.30. The molecule has 8 N–H and O–H groups in total. The van der Waals surface area contributed by atoms with Crippen molar-refractivity contribution in [1.82, 2.24) is 19.9 Å². The molecule has 150 valence electrons. The third-order valence-corrected chi connectivity index (χ3v) is 4.01. The molecule has 0 aliphatic rings. The maximum atomic E-state index is 7.56. The number of aromatic amines is 2. The number of imidazole rings is 2. The monoisotopic (exact) mass is 390 g/mol. The molecule has 0 bridgehead atoms. The standard InChI is InChI=1S/C19H20N8.C2H6/c1-3-10(18(20)21)7-14-12(4-2)24-16(26-14)9-17-25-13-6-5-11(19(22)23)8-15(13)27-17;1-2/h3-8H,1-2,9H2,(H3,20,21)(H3,22,23)(H,24,26)(H,25,27);1-2H3/b10-7+;. The zero-order chi connectivity index (χ0) is 21.6. The van der Waals surface area contributed by atoms with E-state index in [1.807, 2.05) is 19.9 Å². The number of H-pyrrole nitrogens is 2. The van der Waals surface area contributed by atoms with Gasteiger partial charge in [0.25, 0.3) is 0 Å². The summed E-state index contributed by atoms with van der Waals surface area (Å²) in [5.41, 5.74) is 15.1. The van der Waals surface area contributed by atoms with E-state index in [0.717, 1.165) is 16.9 Å². The number of nitrogens with one attached hydrogen (secondary N) is 4. The number of fused-ring (bicyclic) bond motifs is 1. The summed E-state index contributed by atoms with van der Waals surface area (Å²) in [5.74, 6) is 1.35. The van der Waals surface area contributed by atoms with Crippen molar-refractivity contribution < 1.29 is 0 Å². The molecule has 0 amide bonds. The molecule has 2 aromatic heterocycles. The SMILES string of the molecule is C=C/C(=C\c1[nH]c(Cc2nc3ccc(C(=N)N)cc3[nH]2)nc1C=C)C(=N)N.CC. The van der Waals surface area contributed by atoms with Crippen molar-refractivity contribution in [2.45, 2.75) is 20.3 Å². The van der Waals surface area contributed by atoms with Crippen molar-refractivity contribution in [2.24, 2.45) is 11.5 Å². The smallest absolute Gasteiger partial charge is 0.122 e. The number of nitrogen functional groups attached to an aromatic ring is 1. The van der Waals surface area contributed by atoms with Gasteiger partial charge in [-0.3, -0.25) is 10.8 Å². The van der Waals surface area contributed by atoms with E-state index in [2.05, 4.69) is 33.1 Å². The highest BCUT2D eigenvalue weighted by Crippen LogP contribution is 2.17. The van der Waals surface area contributed by atoms with Crippen LogP contribution < -0.4 is 11.5 Å². The van der Waals surface area contributed by atoms with Crippen LogP contribution in [0.25, 0.3) is 23.2 Å². The lowest BCUT2D eigenvalue weighted by Gasteiger charge is -1.98. The zero-order valence-corrected chi connectivity index (χ0v) is 16.6. The van der Waals surface area contributed by atoms with E-state index < -0.39 is 0 Å². The van der Waals surface area contributed by atoms with Gasteiger partial charge in [0.05, 0.1) is 28.8 Å².